The first kappa shape index (κ1) is 10.4. The van der Waals surface area contributed by atoms with Crippen LogP contribution in [0, 0.1) is 0 Å². The summed E-state index contributed by atoms with van der Waals surface area (Å²) in [7, 11) is 0. The highest BCUT2D eigenvalue weighted by atomic mass is 15.2. The monoisotopic (exact) mass is 225 g/mol. The Morgan fingerprint density at radius 2 is 2.00 bits per heavy atom. The molecule has 1 aliphatic rings. The number of nitrogens with zero attached hydrogens (tertiary/aromatic N) is 3. The fraction of sp³-hybridized carbons (Fsp3) is 0.286. The molecule has 2 heterocycles. The molecule has 3 heteroatoms. The van der Waals surface area contributed by atoms with E-state index in [1.165, 1.54) is 11.1 Å². The molecule has 3 rings (SSSR count). The van der Waals surface area contributed by atoms with Gasteiger partial charge in [0.2, 0.25) is 0 Å². The maximum atomic E-state index is 4.22. The van der Waals surface area contributed by atoms with Gasteiger partial charge in [-0.1, -0.05) is 30.3 Å². The predicted octanol–water partition coefficient (Wildman–Crippen LogP) is 2.03. The topological polar surface area (TPSA) is 29.0 Å². The smallest absolute Gasteiger partial charge is 0.0803 e. The van der Waals surface area contributed by atoms with E-state index in [4.69, 9.17) is 0 Å². The summed E-state index contributed by atoms with van der Waals surface area (Å²) in [4.78, 5) is 2.42. The largest absolute Gasteiger partial charge is 0.293 e. The van der Waals surface area contributed by atoms with Crippen molar-refractivity contribution in [3.63, 3.8) is 0 Å². The van der Waals surface area contributed by atoms with Gasteiger partial charge in [0.25, 0.3) is 0 Å². The molecule has 0 unspecified atom stereocenters. The summed E-state index contributed by atoms with van der Waals surface area (Å²) >= 11 is 0. The molecular weight excluding hydrogens is 210 g/mol. The Kier molecular flexibility index (Phi) is 2.84. The van der Waals surface area contributed by atoms with Crippen LogP contribution in [0.1, 0.15) is 16.8 Å². The van der Waals surface area contributed by atoms with Crippen molar-refractivity contribution in [2.45, 2.75) is 19.5 Å². The first-order valence-corrected chi connectivity index (χ1v) is 5.97. The van der Waals surface area contributed by atoms with Gasteiger partial charge in [-0.25, -0.2) is 0 Å². The van der Waals surface area contributed by atoms with Gasteiger partial charge >= 0.3 is 0 Å². The number of benzene rings is 1. The Balaban J connectivity index is 1.72. The second-order valence-electron chi connectivity index (χ2n) is 4.45. The lowest BCUT2D eigenvalue weighted by molar-refractivity contribution is 0.240. The molecule has 1 aromatic heterocycles. The molecule has 0 saturated heterocycles. The van der Waals surface area contributed by atoms with Gasteiger partial charge in [0.1, 0.15) is 0 Å². The van der Waals surface area contributed by atoms with Crippen LogP contribution in [0.25, 0.3) is 0 Å². The van der Waals surface area contributed by atoms with Crippen LogP contribution in [0.2, 0.25) is 0 Å². The maximum absolute atomic E-state index is 4.22. The van der Waals surface area contributed by atoms with Crippen molar-refractivity contribution in [3.05, 3.63) is 59.4 Å². The Hall–Kier alpha value is -1.74. The number of fused-ring (bicyclic) bond motifs is 1. The van der Waals surface area contributed by atoms with E-state index in [1.54, 1.807) is 6.20 Å². The number of rotatable bonds is 2. The van der Waals surface area contributed by atoms with E-state index in [1.807, 2.05) is 0 Å². The zero-order valence-electron chi connectivity index (χ0n) is 9.71. The third kappa shape index (κ3) is 2.34. The Morgan fingerprint density at radius 3 is 2.88 bits per heavy atom. The Labute approximate surface area is 101 Å². The van der Waals surface area contributed by atoms with Crippen molar-refractivity contribution < 1.29 is 0 Å². The maximum Gasteiger partial charge on any atom is 0.0803 e. The molecule has 0 fully saturated rings. The van der Waals surface area contributed by atoms with Crippen molar-refractivity contribution in [2.75, 3.05) is 6.54 Å². The number of hydrogen-bond donors (Lipinski definition) is 0. The van der Waals surface area contributed by atoms with Gasteiger partial charge in [0, 0.05) is 25.8 Å². The normalized spacial score (nSPS) is 15.5. The molecule has 0 saturated carbocycles. The molecular formula is C14H15N3. The summed E-state index contributed by atoms with van der Waals surface area (Å²) in [5.41, 5.74) is 3.85. The minimum Gasteiger partial charge on any atom is -0.293 e. The lowest BCUT2D eigenvalue weighted by Gasteiger charge is -2.27. The van der Waals surface area contributed by atoms with Gasteiger partial charge in [0.15, 0.2) is 0 Å². The van der Waals surface area contributed by atoms with E-state index >= 15 is 0 Å². The number of hydrogen-bond acceptors (Lipinski definition) is 3. The van der Waals surface area contributed by atoms with Gasteiger partial charge in [-0.2, -0.15) is 10.2 Å². The van der Waals surface area contributed by atoms with Crippen LogP contribution >= 0.6 is 0 Å². The molecule has 0 atom stereocenters. The van der Waals surface area contributed by atoms with Crippen molar-refractivity contribution in [3.8, 4) is 0 Å². The highest BCUT2D eigenvalue weighted by Crippen LogP contribution is 2.17. The van der Waals surface area contributed by atoms with Crippen molar-refractivity contribution in [1.29, 1.82) is 0 Å². The van der Waals surface area contributed by atoms with Crippen molar-refractivity contribution >= 4 is 0 Å². The van der Waals surface area contributed by atoms with Gasteiger partial charge < -0.3 is 0 Å². The highest BCUT2D eigenvalue weighted by molar-refractivity contribution is 5.21. The van der Waals surface area contributed by atoms with Gasteiger partial charge in [-0.15, -0.1) is 0 Å². The molecule has 1 aromatic carbocycles. The SMILES string of the molecule is c1ccc(CN2CCc3ccnnc3C2)cc1. The molecule has 0 amide bonds. The lowest BCUT2D eigenvalue weighted by atomic mass is 10.1. The van der Waals surface area contributed by atoms with Crippen LogP contribution in [-0.2, 0) is 19.5 Å². The third-order valence-corrected chi connectivity index (χ3v) is 3.21. The van der Waals surface area contributed by atoms with E-state index in [-0.39, 0.29) is 0 Å². The standard InChI is InChI=1S/C14H15N3/c1-2-4-12(5-3-1)10-17-9-7-13-6-8-15-16-14(13)11-17/h1-6,8H,7,9-11H2. The van der Waals surface area contributed by atoms with Gasteiger partial charge in [-0.3, -0.25) is 4.90 Å². The first-order valence-electron chi connectivity index (χ1n) is 5.97. The van der Waals surface area contributed by atoms with E-state index < -0.39 is 0 Å². The predicted molar refractivity (Wildman–Crippen MR) is 66.3 cm³/mol. The highest BCUT2D eigenvalue weighted by Gasteiger charge is 2.17. The van der Waals surface area contributed by atoms with E-state index in [9.17, 15) is 0 Å². The van der Waals surface area contributed by atoms with Crippen LogP contribution in [0.3, 0.4) is 0 Å². The zero-order chi connectivity index (χ0) is 11.5. The first-order chi connectivity index (χ1) is 8.42. The van der Waals surface area contributed by atoms with Crippen LogP contribution in [-0.4, -0.2) is 21.6 Å². The van der Waals surface area contributed by atoms with Crippen molar-refractivity contribution in [2.24, 2.45) is 0 Å². The van der Waals surface area contributed by atoms with Crippen LogP contribution in [0.4, 0.5) is 0 Å². The van der Waals surface area contributed by atoms with Crippen LogP contribution < -0.4 is 0 Å². The van der Waals surface area contributed by atoms with Crippen LogP contribution in [0.15, 0.2) is 42.6 Å². The average Bonchev–Trinajstić information content (AvgIpc) is 2.40. The fourth-order valence-electron chi connectivity index (χ4n) is 2.29. The fourth-order valence-corrected chi connectivity index (χ4v) is 2.29. The van der Waals surface area contributed by atoms with E-state index in [0.29, 0.717) is 0 Å². The van der Waals surface area contributed by atoms with Gasteiger partial charge in [0.05, 0.1) is 5.69 Å². The second-order valence-corrected chi connectivity index (χ2v) is 4.45. The molecule has 1 aliphatic heterocycles. The quantitative estimate of drug-likeness (QED) is 0.783. The summed E-state index contributed by atoms with van der Waals surface area (Å²) < 4.78 is 0. The average molecular weight is 225 g/mol. The Bertz CT molecular complexity index is 496. The zero-order valence-corrected chi connectivity index (χ0v) is 9.71. The summed E-state index contributed by atoms with van der Waals surface area (Å²) in [5.74, 6) is 0. The molecule has 2 aromatic rings. The molecule has 0 radical (unpaired) electrons. The second kappa shape index (κ2) is 4.63. The molecule has 0 aliphatic carbocycles. The van der Waals surface area contributed by atoms with Gasteiger partial charge in [-0.05, 0) is 23.6 Å². The summed E-state index contributed by atoms with van der Waals surface area (Å²) in [6.45, 7) is 3.02. The molecule has 0 N–H and O–H groups in total. The minimum absolute atomic E-state index is 0.915. The molecule has 17 heavy (non-hydrogen) atoms. The van der Waals surface area contributed by atoms with Crippen molar-refractivity contribution in [1.82, 2.24) is 15.1 Å². The minimum atomic E-state index is 0.915. The molecule has 0 spiro atoms. The molecule has 0 bridgehead atoms. The molecule has 86 valence electrons. The Morgan fingerprint density at radius 1 is 1.12 bits per heavy atom. The lowest BCUT2D eigenvalue weighted by Crippen LogP contribution is -2.30. The summed E-state index contributed by atoms with van der Waals surface area (Å²) in [6, 6.07) is 12.7. The number of aromatic nitrogens is 2. The van der Waals surface area contributed by atoms with E-state index in [2.05, 4.69) is 51.5 Å². The van der Waals surface area contributed by atoms with E-state index in [0.717, 1.165) is 31.7 Å². The van der Waals surface area contributed by atoms with Crippen LogP contribution in [0.5, 0.6) is 0 Å². The third-order valence-electron chi connectivity index (χ3n) is 3.21. The summed E-state index contributed by atoms with van der Waals surface area (Å²) in [5, 5.41) is 8.18. The summed E-state index contributed by atoms with van der Waals surface area (Å²) in [6.07, 6.45) is 2.86. The molecule has 3 nitrogen and oxygen atoms in total.